The first-order valence-electron chi connectivity index (χ1n) is 10.0. The highest BCUT2D eigenvalue weighted by atomic mass is 32.2. The third kappa shape index (κ3) is 7.73. The minimum atomic E-state index is -4.75. The number of thiazole rings is 1. The minimum absolute atomic E-state index is 0.0251. The van der Waals surface area contributed by atoms with Crippen LogP contribution in [0.4, 0.5) is 18.3 Å². The molecule has 1 amide bonds. The van der Waals surface area contributed by atoms with Gasteiger partial charge in [0.05, 0.1) is 6.26 Å². The number of aryl methyl sites for hydroxylation is 1. The smallest absolute Gasteiger partial charge is 0.406 e. The van der Waals surface area contributed by atoms with Gasteiger partial charge in [0.2, 0.25) is 10.0 Å². The molecule has 0 saturated carbocycles. The van der Waals surface area contributed by atoms with E-state index in [1.54, 1.807) is 19.1 Å². The molecule has 0 bridgehead atoms. The maximum Gasteiger partial charge on any atom is 0.573 e. The molecule has 7 nitrogen and oxygen atoms in total. The Kier molecular flexibility index (Phi) is 7.82. The number of benzene rings is 2. The van der Waals surface area contributed by atoms with Crippen molar-refractivity contribution < 1.29 is 31.1 Å². The normalized spacial score (nSPS) is 11.8. The van der Waals surface area contributed by atoms with Crippen LogP contribution < -0.4 is 14.4 Å². The average molecular weight is 514 g/mol. The lowest BCUT2D eigenvalue weighted by atomic mass is 10.1. The second-order valence-corrected chi connectivity index (χ2v) is 10.4. The van der Waals surface area contributed by atoms with E-state index >= 15 is 0 Å². The number of rotatable bonds is 9. The molecule has 0 aliphatic carbocycles. The molecular formula is C22H22F3N3O4S2. The second-order valence-electron chi connectivity index (χ2n) is 7.45. The number of halogens is 3. The summed E-state index contributed by atoms with van der Waals surface area (Å²) >= 11 is 1.25. The van der Waals surface area contributed by atoms with Crippen LogP contribution in [0.2, 0.25) is 0 Å². The Balaban J connectivity index is 1.79. The lowest BCUT2D eigenvalue weighted by molar-refractivity contribution is -0.274. The van der Waals surface area contributed by atoms with E-state index in [0.717, 1.165) is 17.4 Å². The third-order valence-electron chi connectivity index (χ3n) is 4.59. The van der Waals surface area contributed by atoms with Gasteiger partial charge in [-0.25, -0.2) is 18.1 Å². The van der Waals surface area contributed by atoms with Crippen molar-refractivity contribution in [1.29, 1.82) is 0 Å². The molecular weight excluding hydrogens is 491 g/mol. The summed E-state index contributed by atoms with van der Waals surface area (Å²) in [6.07, 6.45) is -3.37. The predicted octanol–water partition coefficient (Wildman–Crippen LogP) is 4.29. The van der Waals surface area contributed by atoms with Gasteiger partial charge in [0.15, 0.2) is 5.13 Å². The maximum absolute atomic E-state index is 12.4. The van der Waals surface area contributed by atoms with Crippen molar-refractivity contribution in [3.8, 4) is 5.75 Å². The number of nitrogens with one attached hydrogen (secondary N) is 1. The molecule has 0 fully saturated rings. The SMILES string of the molecule is Cc1sc(N(CCc2ccc(OC(F)(F)F)cc2)Cc2ccccc2)nc1C(=O)NS(C)(=O)=O. The van der Waals surface area contributed by atoms with E-state index < -0.39 is 22.3 Å². The molecule has 12 heteroatoms. The van der Waals surface area contributed by atoms with Crippen molar-refractivity contribution in [3.63, 3.8) is 0 Å². The molecule has 0 saturated heterocycles. The number of hydrogen-bond donors (Lipinski definition) is 1. The van der Waals surface area contributed by atoms with E-state index in [-0.39, 0.29) is 11.4 Å². The number of hydrogen-bond acceptors (Lipinski definition) is 7. The zero-order valence-electron chi connectivity index (χ0n) is 18.3. The Hall–Kier alpha value is -3.12. The monoisotopic (exact) mass is 513 g/mol. The lowest BCUT2D eigenvalue weighted by Crippen LogP contribution is -2.30. The number of sulfonamides is 1. The number of nitrogens with zero attached hydrogens (tertiary/aromatic N) is 2. The van der Waals surface area contributed by atoms with Crippen LogP contribution in [-0.2, 0) is 23.0 Å². The fourth-order valence-corrected chi connectivity index (χ4v) is 4.48. The van der Waals surface area contributed by atoms with Gasteiger partial charge in [0.25, 0.3) is 5.91 Å². The zero-order chi connectivity index (χ0) is 24.9. The summed E-state index contributed by atoms with van der Waals surface area (Å²) in [6, 6.07) is 15.2. The van der Waals surface area contributed by atoms with E-state index in [0.29, 0.717) is 29.5 Å². The van der Waals surface area contributed by atoms with Gasteiger partial charge >= 0.3 is 6.36 Å². The first kappa shape index (κ1) is 25.5. The molecule has 1 heterocycles. The fraction of sp³-hybridized carbons (Fsp3) is 0.273. The number of aromatic nitrogens is 1. The molecule has 0 aliphatic heterocycles. The molecule has 2 aromatic carbocycles. The molecule has 0 spiro atoms. The molecule has 0 aliphatic rings. The Bertz CT molecular complexity index is 1230. The van der Waals surface area contributed by atoms with Crippen LogP contribution in [-0.4, -0.2) is 38.5 Å². The summed E-state index contributed by atoms with van der Waals surface area (Å²) in [4.78, 5) is 19.2. The highest BCUT2D eigenvalue weighted by Crippen LogP contribution is 2.28. The Morgan fingerprint density at radius 2 is 1.74 bits per heavy atom. The van der Waals surface area contributed by atoms with Gasteiger partial charge in [-0.3, -0.25) is 4.79 Å². The second kappa shape index (κ2) is 10.4. The van der Waals surface area contributed by atoms with Crippen LogP contribution in [0.3, 0.4) is 0 Å². The van der Waals surface area contributed by atoms with Gasteiger partial charge in [-0.2, -0.15) is 0 Å². The summed E-state index contributed by atoms with van der Waals surface area (Å²) in [7, 11) is -3.74. The average Bonchev–Trinajstić information content (AvgIpc) is 3.12. The highest BCUT2D eigenvalue weighted by Gasteiger charge is 2.31. The molecule has 0 atom stereocenters. The van der Waals surface area contributed by atoms with Crippen LogP contribution in [0.25, 0.3) is 0 Å². The summed E-state index contributed by atoms with van der Waals surface area (Å²) in [5.41, 5.74) is 1.81. The van der Waals surface area contributed by atoms with E-state index in [4.69, 9.17) is 0 Å². The predicted molar refractivity (Wildman–Crippen MR) is 123 cm³/mol. The van der Waals surface area contributed by atoms with Crippen LogP contribution in [0.1, 0.15) is 26.5 Å². The highest BCUT2D eigenvalue weighted by molar-refractivity contribution is 7.89. The molecule has 182 valence electrons. The molecule has 34 heavy (non-hydrogen) atoms. The molecule has 3 rings (SSSR count). The maximum atomic E-state index is 12.4. The van der Waals surface area contributed by atoms with Crippen molar-refractivity contribution in [1.82, 2.24) is 9.71 Å². The molecule has 1 N–H and O–H groups in total. The molecule has 0 unspecified atom stereocenters. The van der Waals surface area contributed by atoms with E-state index in [2.05, 4.69) is 9.72 Å². The summed E-state index contributed by atoms with van der Waals surface area (Å²) in [5.74, 6) is -1.10. The van der Waals surface area contributed by atoms with Crippen LogP contribution in [0.5, 0.6) is 5.75 Å². The Morgan fingerprint density at radius 3 is 2.32 bits per heavy atom. The Labute approximate surface area is 199 Å². The quantitative estimate of drug-likeness (QED) is 0.459. The number of amides is 1. The number of anilines is 1. The molecule has 3 aromatic rings. The van der Waals surface area contributed by atoms with Gasteiger partial charge in [-0.15, -0.1) is 24.5 Å². The van der Waals surface area contributed by atoms with Crippen molar-refractivity contribution in [2.24, 2.45) is 0 Å². The summed E-state index contributed by atoms with van der Waals surface area (Å²) in [6.45, 7) is 2.60. The first-order valence-corrected chi connectivity index (χ1v) is 12.7. The summed E-state index contributed by atoms with van der Waals surface area (Å²) in [5, 5.41) is 0.525. The van der Waals surface area contributed by atoms with Gasteiger partial charge in [-0.05, 0) is 36.6 Å². The summed E-state index contributed by atoms with van der Waals surface area (Å²) < 4.78 is 65.8. The van der Waals surface area contributed by atoms with Gasteiger partial charge in [-0.1, -0.05) is 42.5 Å². The van der Waals surface area contributed by atoms with E-state index in [1.165, 1.54) is 23.5 Å². The first-order chi connectivity index (χ1) is 15.9. The number of carbonyl (C=O) groups excluding carboxylic acids is 1. The Morgan fingerprint density at radius 1 is 1.09 bits per heavy atom. The fourth-order valence-electron chi connectivity index (χ4n) is 3.11. The van der Waals surface area contributed by atoms with E-state index in [1.807, 2.05) is 40.0 Å². The van der Waals surface area contributed by atoms with Gasteiger partial charge < -0.3 is 9.64 Å². The van der Waals surface area contributed by atoms with Crippen LogP contribution in [0.15, 0.2) is 54.6 Å². The topological polar surface area (TPSA) is 88.6 Å². The van der Waals surface area contributed by atoms with Crippen molar-refractivity contribution in [3.05, 3.63) is 76.3 Å². The van der Waals surface area contributed by atoms with Crippen molar-refractivity contribution in [2.75, 3.05) is 17.7 Å². The van der Waals surface area contributed by atoms with Crippen molar-refractivity contribution in [2.45, 2.75) is 26.3 Å². The number of alkyl halides is 3. The van der Waals surface area contributed by atoms with Gasteiger partial charge in [0, 0.05) is 18.0 Å². The molecule has 1 aromatic heterocycles. The lowest BCUT2D eigenvalue weighted by Gasteiger charge is -2.22. The zero-order valence-corrected chi connectivity index (χ0v) is 19.9. The van der Waals surface area contributed by atoms with Crippen LogP contribution >= 0.6 is 11.3 Å². The van der Waals surface area contributed by atoms with Gasteiger partial charge in [0.1, 0.15) is 11.4 Å². The number of carbonyl (C=O) groups is 1. The number of ether oxygens (including phenoxy) is 1. The van der Waals surface area contributed by atoms with Crippen LogP contribution in [0, 0.1) is 6.92 Å². The largest absolute Gasteiger partial charge is 0.573 e. The molecule has 0 radical (unpaired) electrons. The van der Waals surface area contributed by atoms with Crippen molar-refractivity contribution >= 4 is 32.4 Å². The minimum Gasteiger partial charge on any atom is -0.406 e. The third-order valence-corrected chi connectivity index (χ3v) is 6.18. The van der Waals surface area contributed by atoms with E-state index in [9.17, 15) is 26.4 Å². The standard InChI is InChI=1S/C22H22F3N3O4S2/c1-15-19(20(29)27-34(2,30)31)26-21(33-15)28(14-17-6-4-3-5-7-17)13-12-16-8-10-18(11-9-16)32-22(23,24)25/h3-11H,12-14H2,1-2H3,(H,27,29).